The number of aryl methyl sites for hydroxylation is 3. The van der Waals surface area contributed by atoms with Crippen LogP contribution >= 0.6 is 0 Å². The lowest BCUT2D eigenvalue weighted by molar-refractivity contribution is 0.336. The Labute approximate surface area is 178 Å². The average molecular weight is 407 g/mol. The summed E-state index contributed by atoms with van der Waals surface area (Å²) >= 11 is 0. The molecule has 0 atom stereocenters. The molecule has 2 aromatic heterocycles. The fraction of sp³-hybridized carbons (Fsp3) is 0.348. The molecule has 0 fully saturated rings. The van der Waals surface area contributed by atoms with E-state index in [9.17, 15) is 0 Å². The second-order valence-corrected chi connectivity index (χ2v) is 7.19. The number of nitrogens with one attached hydrogen (secondary N) is 2. The number of rotatable bonds is 7. The highest BCUT2D eigenvalue weighted by atomic mass is 16.5. The molecule has 0 saturated carbocycles. The first-order valence-electron chi connectivity index (χ1n) is 10.2. The van der Waals surface area contributed by atoms with Crippen LogP contribution in [0.1, 0.15) is 35.0 Å². The van der Waals surface area contributed by atoms with Crippen LogP contribution in [0.2, 0.25) is 0 Å². The number of guanidine groups is 1. The van der Waals surface area contributed by atoms with Crippen LogP contribution < -0.4 is 15.4 Å². The molecule has 30 heavy (non-hydrogen) atoms. The molecule has 2 N–H and O–H groups in total. The summed E-state index contributed by atoms with van der Waals surface area (Å²) < 4.78 is 7.61. The monoisotopic (exact) mass is 406 g/mol. The van der Waals surface area contributed by atoms with E-state index in [4.69, 9.17) is 4.74 Å². The average Bonchev–Trinajstić information content (AvgIpc) is 3.08. The van der Waals surface area contributed by atoms with Crippen molar-refractivity contribution in [3.8, 4) is 11.6 Å². The second kappa shape index (κ2) is 9.91. The van der Waals surface area contributed by atoms with E-state index in [1.54, 1.807) is 7.05 Å². The van der Waals surface area contributed by atoms with Crippen molar-refractivity contribution in [2.24, 2.45) is 4.99 Å². The maximum Gasteiger partial charge on any atom is 0.191 e. The van der Waals surface area contributed by atoms with Crippen molar-refractivity contribution in [2.45, 2.75) is 40.8 Å². The Morgan fingerprint density at radius 2 is 1.87 bits per heavy atom. The summed E-state index contributed by atoms with van der Waals surface area (Å²) in [4.78, 5) is 8.85. The topological polar surface area (TPSA) is 76.4 Å². The van der Waals surface area contributed by atoms with Crippen LogP contribution in [-0.2, 0) is 13.1 Å². The molecule has 0 aliphatic rings. The van der Waals surface area contributed by atoms with E-state index in [1.165, 1.54) is 5.56 Å². The molecule has 0 aliphatic heterocycles. The van der Waals surface area contributed by atoms with Crippen molar-refractivity contribution in [1.82, 2.24) is 25.4 Å². The Kier molecular flexibility index (Phi) is 7.06. The van der Waals surface area contributed by atoms with Crippen LogP contribution in [0.15, 0.2) is 47.6 Å². The van der Waals surface area contributed by atoms with Crippen LogP contribution in [0, 0.1) is 20.8 Å². The number of hydrogen-bond acceptors (Lipinski definition) is 4. The van der Waals surface area contributed by atoms with E-state index in [0.717, 1.165) is 40.0 Å². The SMILES string of the molecule is CCOc1cc(C)ccc1CNC(=NC)NCc1ccc(-n2nc(C)cc2C)nc1. The smallest absolute Gasteiger partial charge is 0.191 e. The Hall–Kier alpha value is -3.35. The van der Waals surface area contributed by atoms with E-state index in [-0.39, 0.29) is 0 Å². The van der Waals surface area contributed by atoms with E-state index in [0.29, 0.717) is 19.7 Å². The lowest BCUT2D eigenvalue weighted by Crippen LogP contribution is -2.36. The minimum Gasteiger partial charge on any atom is -0.494 e. The molecule has 2 heterocycles. The van der Waals surface area contributed by atoms with Gasteiger partial charge in [0.2, 0.25) is 0 Å². The second-order valence-electron chi connectivity index (χ2n) is 7.19. The number of benzene rings is 1. The molecular formula is C23H30N6O. The summed E-state index contributed by atoms with van der Waals surface area (Å²) in [5.41, 5.74) is 5.39. The number of aliphatic imine (C=N–C) groups is 1. The predicted octanol–water partition coefficient (Wildman–Crippen LogP) is 3.46. The molecule has 0 spiro atoms. The first kappa shape index (κ1) is 21.4. The Morgan fingerprint density at radius 3 is 2.50 bits per heavy atom. The van der Waals surface area contributed by atoms with E-state index >= 15 is 0 Å². The van der Waals surface area contributed by atoms with Crippen molar-refractivity contribution in [3.05, 3.63) is 70.7 Å². The maximum absolute atomic E-state index is 5.75. The van der Waals surface area contributed by atoms with Gasteiger partial charge in [0.05, 0.1) is 12.3 Å². The minimum absolute atomic E-state index is 0.621. The van der Waals surface area contributed by atoms with Gasteiger partial charge in [-0.15, -0.1) is 0 Å². The van der Waals surface area contributed by atoms with Gasteiger partial charge in [-0.3, -0.25) is 4.99 Å². The number of aromatic nitrogens is 3. The van der Waals surface area contributed by atoms with Crippen LogP contribution in [-0.4, -0.2) is 34.4 Å². The molecule has 7 heteroatoms. The van der Waals surface area contributed by atoms with E-state index in [1.807, 2.05) is 49.8 Å². The van der Waals surface area contributed by atoms with Crippen LogP contribution in [0.4, 0.5) is 0 Å². The number of ether oxygens (including phenoxy) is 1. The van der Waals surface area contributed by atoms with Gasteiger partial charge in [-0.05, 0) is 57.0 Å². The summed E-state index contributed by atoms with van der Waals surface area (Å²) in [5, 5.41) is 11.2. The fourth-order valence-corrected chi connectivity index (χ4v) is 3.19. The molecule has 0 bridgehead atoms. The highest BCUT2D eigenvalue weighted by Gasteiger charge is 2.07. The highest BCUT2D eigenvalue weighted by Crippen LogP contribution is 2.20. The van der Waals surface area contributed by atoms with Crippen molar-refractivity contribution < 1.29 is 4.74 Å². The van der Waals surface area contributed by atoms with Gasteiger partial charge in [-0.2, -0.15) is 5.10 Å². The summed E-state index contributed by atoms with van der Waals surface area (Å²) in [6.45, 7) is 9.96. The zero-order valence-corrected chi connectivity index (χ0v) is 18.4. The predicted molar refractivity (Wildman–Crippen MR) is 120 cm³/mol. The van der Waals surface area contributed by atoms with Crippen LogP contribution in [0.3, 0.4) is 0 Å². The van der Waals surface area contributed by atoms with Gasteiger partial charge >= 0.3 is 0 Å². The van der Waals surface area contributed by atoms with Crippen molar-refractivity contribution in [3.63, 3.8) is 0 Å². The standard InChI is InChI=1S/C23H30N6O/c1-6-30-21-11-16(2)7-9-20(21)15-27-23(24-5)26-14-19-8-10-22(25-13-19)29-18(4)12-17(3)28-29/h7-13H,6,14-15H2,1-5H3,(H2,24,26,27). The van der Waals surface area contributed by atoms with E-state index < -0.39 is 0 Å². The first-order valence-corrected chi connectivity index (χ1v) is 10.2. The van der Waals surface area contributed by atoms with Gasteiger partial charge in [-0.1, -0.05) is 18.2 Å². The lowest BCUT2D eigenvalue weighted by atomic mass is 10.1. The first-order chi connectivity index (χ1) is 14.5. The lowest BCUT2D eigenvalue weighted by Gasteiger charge is -2.15. The molecule has 0 aliphatic carbocycles. The summed E-state index contributed by atoms with van der Waals surface area (Å²) in [7, 11) is 1.76. The van der Waals surface area contributed by atoms with Gasteiger partial charge in [0, 0.05) is 37.6 Å². The van der Waals surface area contributed by atoms with Crippen LogP contribution in [0.25, 0.3) is 5.82 Å². The van der Waals surface area contributed by atoms with Gasteiger partial charge in [-0.25, -0.2) is 9.67 Å². The largest absolute Gasteiger partial charge is 0.494 e. The molecule has 1 aromatic carbocycles. The third kappa shape index (κ3) is 5.37. The fourth-order valence-electron chi connectivity index (χ4n) is 3.19. The highest BCUT2D eigenvalue weighted by molar-refractivity contribution is 5.79. The van der Waals surface area contributed by atoms with Crippen LogP contribution in [0.5, 0.6) is 5.75 Å². The third-order valence-corrected chi connectivity index (χ3v) is 4.69. The number of hydrogen-bond donors (Lipinski definition) is 2. The van der Waals surface area contributed by atoms with Gasteiger partial charge in [0.15, 0.2) is 11.8 Å². The Morgan fingerprint density at radius 1 is 1.07 bits per heavy atom. The summed E-state index contributed by atoms with van der Waals surface area (Å²) in [5.74, 6) is 2.44. The number of pyridine rings is 1. The zero-order valence-electron chi connectivity index (χ0n) is 18.4. The maximum atomic E-state index is 5.75. The molecule has 158 valence electrons. The molecule has 3 aromatic rings. The molecule has 0 saturated heterocycles. The molecule has 3 rings (SSSR count). The minimum atomic E-state index is 0.621. The Balaban J connectivity index is 1.58. The summed E-state index contributed by atoms with van der Waals surface area (Å²) in [6.07, 6.45) is 1.86. The number of nitrogens with zero attached hydrogens (tertiary/aromatic N) is 4. The van der Waals surface area contributed by atoms with Crippen molar-refractivity contribution >= 4 is 5.96 Å². The molecule has 0 unspecified atom stereocenters. The molecule has 0 radical (unpaired) electrons. The van der Waals surface area contributed by atoms with Gasteiger partial charge in [0.25, 0.3) is 0 Å². The molecular weight excluding hydrogens is 376 g/mol. The van der Waals surface area contributed by atoms with Crippen molar-refractivity contribution in [2.75, 3.05) is 13.7 Å². The normalized spacial score (nSPS) is 11.4. The van der Waals surface area contributed by atoms with E-state index in [2.05, 4.69) is 50.8 Å². The quantitative estimate of drug-likeness (QED) is 0.464. The molecule has 0 amide bonds. The van der Waals surface area contributed by atoms with Crippen molar-refractivity contribution in [1.29, 1.82) is 0 Å². The molecule has 7 nitrogen and oxygen atoms in total. The Bertz CT molecular complexity index is 1010. The van der Waals surface area contributed by atoms with Gasteiger partial charge in [0.1, 0.15) is 5.75 Å². The zero-order chi connectivity index (χ0) is 21.5. The van der Waals surface area contributed by atoms with Gasteiger partial charge < -0.3 is 15.4 Å². The summed E-state index contributed by atoms with van der Waals surface area (Å²) in [6, 6.07) is 12.3. The third-order valence-electron chi connectivity index (χ3n) is 4.69.